The van der Waals surface area contributed by atoms with Gasteiger partial charge in [-0.1, -0.05) is 6.92 Å². The van der Waals surface area contributed by atoms with Crippen LogP contribution in [-0.2, 0) is 0 Å². The molecule has 1 atom stereocenters. The standard InChI is InChI=1S/C12H18N4OS/c1-3-8(17)7-14-10-9-5-6-18-11(9)16-12(15-10)13-4-2/h5-6,8,17H,3-4,7H2,1-2H3,(H2,13,14,15,16). The number of aromatic nitrogens is 2. The van der Waals surface area contributed by atoms with E-state index in [2.05, 4.69) is 20.6 Å². The molecule has 2 rings (SSSR count). The summed E-state index contributed by atoms with van der Waals surface area (Å²) in [5.41, 5.74) is 0. The molecular formula is C12H18N4OS. The zero-order valence-corrected chi connectivity index (χ0v) is 11.4. The second-order valence-corrected chi connectivity index (χ2v) is 4.90. The zero-order valence-electron chi connectivity index (χ0n) is 10.6. The van der Waals surface area contributed by atoms with Gasteiger partial charge in [0.2, 0.25) is 5.95 Å². The van der Waals surface area contributed by atoms with Crippen LogP contribution in [-0.4, -0.2) is 34.3 Å². The molecule has 1 unspecified atom stereocenters. The number of hydrogen-bond donors (Lipinski definition) is 3. The highest BCUT2D eigenvalue weighted by atomic mass is 32.1. The van der Waals surface area contributed by atoms with E-state index in [0.29, 0.717) is 12.5 Å². The summed E-state index contributed by atoms with van der Waals surface area (Å²) in [6, 6.07) is 2.00. The van der Waals surface area contributed by atoms with Crippen LogP contribution in [0.4, 0.5) is 11.8 Å². The van der Waals surface area contributed by atoms with Crippen molar-refractivity contribution in [2.75, 3.05) is 23.7 Å². The predicted octanol–water partition coefficient (Wildman–Crippen LogP) is 2.31. The van der Waals surface area contributed by atoms with Gasteiger partial charge in [0.1, 0.15) is 10.6 Å². The molecule has 0 radical (unpaired) electrons. The van der Waals surface area contributed by atoms with Crippen LogP contribution in [0.5, 0.6) is 0 Å². The van der Waals surface area contributed by atoms with E-state index < -0.39 is 0 Å². The van der Waals surface area contributed by atoms with Crippen molar-refractivity contribution in [2.45, 2.75) is 26.4 Å². The minimum atomic E-state index is -0.351. The van der Waals surface area contributed by atoms with Gasteiger partial charge in [0.25, 0.3) is 0 Å². The van der Waals surface area contributed by atoms with E-state index in [0.717, 1.165) is 29.0 Å². The molecule has 0 aliphatic heterocycles. The molecule has 0 spiro atoms. The Labute approximate surface area is 110 Å². The molecule has 6 heteroatoms. The Hall–Kier alpha value is -1.40. The number of nitrogens with one attached hydrogen (secondary N) is 2. The molecule has 2 aromatic rings. The summed E-state index contributed by atoms with van der Waals surface area (Å²) in [7, 11) is 0. The summed E-state index contributed by atoms with van der Waals surface area (Å²) in [5.74, 6) is 1.41. The van der Waals surface area contributed by atoms with Gasteiger partial charge < -0.3 is 15.7 Å². The molecule has 3 N–H and O–H groups in total. The third-order valence-electron chi connectivity index (χ3n) is 2.64. The molecule has 0 saturated carbocycles. The smallest absolute Gasteiger partial charge is 0.226 e. The first kappa shape index (κ1) is 13.0. The Morgan fingerprint density at radius 2 is 2.17 bits per heavy atom. The summed E-state index contributed by atoms with van der Waals surface area (Å²) in [6.07, 6.45) is 0.376. The fourth-order valence-corrected chi connectivity index (χ4v) is 2.35. The Kier molecular flexibility index (Phi) is 4.33. The van der Waals surface area contributed by atoms with Crippen LogP contribution < -0.4 is 10.6 Å². The third kappa shape index (κ3) is 2.88. The topological polar surface area (TPSA) is 70.1 Å². The Bertz CT molecular complexity index is 514. The summed E-state index contributed by atoms with van der Waals surface area (Å²) < 4.78 is 0. The van der Waals surface area contributed by atoms with Crippen molar-refractivity contribution in [3.05, 3.63) is 11.4 Å². The van der Waals surface area contributed by atoms with Gasteiger partial charge in [-0.25, -0.2) is 4.98 Å². The van der Waals surface area contributed by atoms with Crippen molar-refractivity contribution in [3.63, 3.8) is 0 Å². The predicted molar refractivity (Wildman–Crippen MR) is 76.4 cm³/mol. The molecule has 98 valence electrons. The first-order valence-electron chi connectivity index (χ1n) is 6.15. The number of aliphatic hydroxyl groups is 1. The second-order valence-electron chi connectivity index (χ2n) is 4.01. The molecule has 2 heterocycles. The minimum Gasteiger partial charge on any atom is -0.391 e. The summed E-state index contributed by atoms with van der Waals surface area (Å²) in [4.78, 5) is 9.81. The van der Waals surface area contributed by atoms with Crippen molar-refractivity contribution in [1.29, 1.82) is 0 Å². The van der Waals surface area contributed by atoms with E-state index in [1.54, 1.807) is 11.3 Å². The van der Waals surface area contributed by atoms with Crippen molar-refractivity contribution in [2.24, 2.45) is 0 Å². The number of rotatable bonds is 6. The zero-order chi connectivity index (χ0) is 13.0. The maximum absolute atomic E-state index is 9.60. The largest absolute Gasteiger partial charge is 0.391 e. The van der Waals surface area contributed by atoms with E-state index in [4.69, 9.17) is 0 Å². The highest BCUT2D eigenvalue weighted by molar-refractivity contribution is 7.16. The van der Waals surface area contributed by atoms with Crippen LogP contribution in [0.1, 0.15) is 20.3 Å². The van der Waals surface area contributed by atoms with Gasteiger partial charge in [-0.3, -0.25) is 0 Å². The van der Waals surface area contributed by atoms with Gasteiger partial charge in [-0.05, 0) is 24.8 Å². The molecule has 0 saturated heterocycles. The van der Waals surface area contributed by atoms with E-state index in [-0.39, 0.29) is 6.10 Å². The molecule has 0 aromatic carbocycles. The molecular weight excluding hydrogens is 248 g/mol. The summed E-state index contributed by atoms with van der Waals surface area (Å²) >= 11 is 1.59. The average Bonchev–Trinajstić information content (AvgIpc) is 2.84. The molecule has 18 heavy (non-hydrogen) atoms. The minimum absolute atomic E-state index is 0.351. The number of thiophene rings is 1. The molecule has 0 amide bonds. The lowest BCUT2D eigenvalue weighted by molar-refractivity contribution is 0.183. The van der Waals surface area contributed by atoms with Crippen molar-refractivity contribution < 1.29 is 5.11 Å². The van der Waals surface area contributed by atoms with Crippen LogP contribution in [0.2, 0.25) is 0 Å². The SMILES string of the molecule is CCNc1nc(NCC(O)CC)c2ccsc2n1. The van der Waals surface area contributed by atoms with Crippen molar-refractivity contribution in [3.8, 4) is 0 Å². The van der Waals surface area contributed by atoms with E-state index in [9.17, 15) is 5.11 Å². The number of aliphatic hydroxyl groups excluding tert-OH is 1. The number of nitrogens with zero attached hydrogens (tertiary/aromatic N) is 2. The first-order valence-corrected chi connectivity index (χ1v) is 7.03. The molecule has 0 bridgehead atoms. The third-order valence-corrected chi connectivity index (χ3v) is 3.44. The van der Waals surface area contributed by atoms with Crippen LogP contribution >= 0.6 is 11.3 Å². The van der Waals surface area contributed by atoms with Crippen LogP contribution in [0.15, 0.2) is 11.4 Å². The van der Waals surface area contributed by atoms with E-state index >= 15 is 0 Å². The molecule has 2 aromatic heterocycles. The molecule has 0 fully saturated rings. The van der Waals surface area contributed by atoms with Crippen molar-refractivity contribution >= 4 is 33.3 Å². The highest BCUT2D eigenvalue weighted by Gasteiger charge is 2.09. The normalized spacial score (nSPS) is 12.6. The lowest BCUT2D eigenvalue weighted by atomic mass is 10.3. The Balaban J connectivity index is 2.25. The Morgan fingerprint density at radius 3 is 2.89 bits per heavy atom. The van der Waals surface area contributed by atoms with Gasteiger partial charge in [0.05, 0.1) is 11.5 Å². The number of fused-ring (bicyclic) bond motifs is 1. The summed E-state index contributed by atoms with van der Waals surface area (Å²) in [5, 5.41) is 18.9. The lowest BCUT2D eigenvalue weighted by Crippen LogP contribution is -2.19. The second kappa shape index (κ2) is 5.97. The fourth-order valence-electron chi connectivity index (χ4n) is 1.59. The molecule has 5 nitrogen and oxygen atoms in total. The fraction of sp³-hybridized carbons (Fsp3) is 0.500. The first-order chi connectivity index (χ1) is 8.74. The maximum atomic E-state index is 9.60. The van der Waals surface area contributed by atoms with Gasteiger partial charge in [-0.15, -0.1) is 11.3 Å². The van der Waals surface area contributed by atoms with Gasteiger partial charge >= 0.3 is 0 Å². The van der Waals surface area contributed by atoms with Crippen LogP contribution in [0.3, 0.4) is 0 Å². The van der Waals surface area contributed by atoms with Crippen molar-refractivity contribution in [1.82, 2.24) is 9.97 Å². The monoisotopic (exact) mass is 266 g/mol. The quantitative estimate of drug-likeness (QED) is 0.748. The van der Waals surface area contributed by atoms with Gasteiger partial charge in [-0.2, -0.15) is 4.98 Å². The molecule has 0 aliphatic rings. The maximum Gasteiger partial charge on any atom is 0.226 e. The van der Waals surface area contributed by atoms with Gasteiger partial charge in [0, 0.05) is 13.1 Å². The van der Waals surface area contributed by atoms with E-state index in [1.807, 2.05) is 25.3 Å². The van der Waals surface area contributed by atoms with Crippen LogP contribution in [0, 0.1) is 0 Å². The number of anilines is 2. The summed E-state index contributed by atoms with van der Waals surface area (Å²) in [6.45, 7) is 5.25. The lowest BCUT2D eigenvalue weighted by Gasteiger charge is -2.12. The highest BCUT2D eigenvalue weighted by Crippen LogP contribution is 2.26. The van der Waals surface area contributed by atoms with Crippen LogP contribution in [0.25, 0.3) is 10.2 Å². The molecule has 0 aliphatic carbocycles. The van der Waals surface area contributed by atoms with Gasteiger partial charge in [0.15, 0.2) is 0 Å². The number of hydrogen-bond acceptors (Lipinski definition) is 6. The van der Waals surface area contributed by atoms with E-state index in [1.165, 1.54) is 0 Å². The Morgan fingerprint density at radius 1 is 1.33 bits per heavy atom. The average molecular weight is 266 g/mol.